The van der Waals surface area contributed by atoms with E-state index < -0.39 is 5.82 Å². The Labute approximate surface area is 117 Å². The highest BCUT2D eigenvalue weighted by Crippen LogP contribution is 2.26. The van der Waals surface area contributed by atoms with Gasteiger partial charge >= 0.3 is 0 Å². The van der Waals surface area contributed by atoms with Gasteiger partial charge in [0.05, 0.1) is 0 Å². The number of rotatable bonds is 5. The minimum absolute atomic E-state index is 0.105. The van der Waals surface area contributed by atoms with Gasteiger partial charge in [-0.2, -0.15) is 0 Å². The highest BCUT2D eigenvalue weighted by atomic mass is 19.1. The molecule has 0 aliphatic heterocycles. The van der Waals surface area contributed by atoms with Gasteiger partial charge in [0.25, 0.3) is 0 Å². The maximum atomic E-state index is 13.9. The molecular formula is C16H18FNO2. The van der Waals surface area contributed by atoms with Crippen LogP contribution < -0.4 is 10.5 Å². The quantitative estimate of drug-likeness (QED) is 0.881. The summed E-state index contributed by atoms with van der Waals surface area (Å²) in [6.07, 6.45) is 0.595. The van der Waals surface area contributed by atoms with E-state index in [1.807, 2.05) is 12.1 Å². The van der Waals surface area contributed by atoms with E-state index in [4.69, 9.17) is 15.6 Å². The fraction of sp³-hybridized carbons (Fsp3) is 0.250. The molecule has 0 amide bonds. The average molecular weight is 275 g/mol. The third kappa shape index (κ3) is 3.56. The summed E-state index contributed by atoms with van der Waals surface area (Å²) in [5.41, 5.74) is 7.44. The van der Waals surface area contributed by atoms with Crippen LogP contribution in [0.5, 0.6) is 11.5 Å². The van der Waals surface area contributed by atoms with Gasteiger partial charge < -0.3 is 15.6 Å². The Morgan fingerprint density at radius 3 is 2.45 bits per heavy atom. The van der Waals surface area contributed by atoms with Crippen molar-refractivity contribution in [1.29, 1.82) is 0 Å². The van der Waals surface area contributed by atoms with Crippen LogP contribution in [0.25, 0.3) is 0 Å². The molecule has 106 valence electrons. The van der Waals surface area contributed by atoms with Gasteiger partial charge in [-0.25, -0.2) is 4.39 Å². The van der Waals surface area contributed by atoms with E-state index >= 15 is 0 Å². The number of ether oxygens (including phenoxy) is 1. The van der Waals surface area contributed by atoms with E-state index in [2.05, 4.69) is 0 Å². The first-order valence-corrected chi connectivity index (χ1v) is 6.53. The van der Waals surface area contributed by atoms with Crippen LogP contribution in [0.15, 0.2) is 42.5 Å². The van der Waals surface area contributed by atoms with Crippen LogP contribution >= 0.6 is 0 Å². The van der Waals surface area contributed by atoms with Gasteiger partial charge in [-0.3, -0.25) is 0 Å². The Balaban J connectivity index is 2.13. The van der Waals surface area contributed by atoms with Crippen molar-refractivity contribution in [2.75, 3.05) is 6.61 Å². The Hall–Kier alpha value is -1.91. The Kier molecular flexibility index (Phi) is 4.71. The highest BCUT2D eigenvalue weighted by Gasteiger charge is 2.08. The van der Waals surface area contributed by atoms with Crippen LogP contribution in [-0.4, -0.2) is 11.7 Å². The summed E-state index contributed by atoms with van der Waals surface area (Å²) >= 11 is 0. The first-order chi connectivity index (χ1) is 9.60. The molecule has 0 bridgehead atoms. The van der Waals surface area contributed by atoms with Gasteiger partial charge in [-0.1, -0.05) is 18.2 Å². The molecule has 20 heavy (non-hydrogen) atoms. The molecule has 0 aromatic heterocycles. The molecule has 2 aromatic carbocycles. The second-order valence-electron chi connectivity index (χ2n) is 4.70. The second-order valence-corrected chi connectivity index (χ2v) is 4.70. The van der Waals surface area contributed by atoms with Crippen LogP contribution in [0.1, 0.15) is 24.1 Å². The van der Waals surface area contributed by atoms with Crippen molar-refractivity contribution in [3.63, 3.8) is 0 Å². The molecule has 0 saturated heterocycles. The number of halogens is 1. The molecule has 3 N–H and O–H groups in total. The molecule has 3 nitrogen and oxygen atoms in total. The molecule has 4 heteroatoms. The van der Waals surface area contributed by atoms with Crippen LogP contribution in [-0.2, 0) is 6.42 Å². The number of benzene rings is 2. The zero-order chi connectivity index (χ0) is 14.5. The van der Waals surface area contributed by atoms with Crippen LogP contribution in [0.4, 0.5) is 4.39 Å². The van der Waals surface area contributed by atoms with Crippen molar-refractivity contribution in [2.45, 2.75) is 19.4 Å². The molecular weight excluding hydrogens is 257 g/mol. The summed E-state index contributed by atoms with van der Waals surface area (Å²) in [6.45, 7) is 1.91. The Morgan fingerprint density at radius 1 is 1.20 bits per heavy atom. The monoisotopic (exact) mass is 275 g/mol. The molecule has 0 fully saturated rings. The van der Waals surface area contributed by atoms with E-state index in [9.17, 15) is 4.39 Å². The molecule has 0 unspecified atom stereocenters. The van der Waals surface area contributed by atoms with Crippen LogP contribution in [0.3, 0.4) is 0 Å². The third-order valence-electron chi connectivity index (χ3n) is 3.03. The lowest BCUT2D eigenvalue weighted by Crippen LogP contribution is -2.05. The third-order valence-corrected chi connectivity index (χ3v) is 3.03. The summed E-state index contributed by atoms with van der Waals surface area (Å²) in [6, 6.07) is 11.7. The SMILES string of the molecule is C[C@H](N)c1ccc(Oc2ccc(CCO)cc2)c(F)c1. The molecule has 0 aliphatic carbocycles. The molecule has 0 aliphatic rings. The molecule has 1 atom stereocenters. The molecule has 0 radical (unpaired) electrons. The van der Waals surface area contributed by atoms with E-state index in [-0.39, 0.29) is 18.4 Å². The predicted molar refractivity (Wildman–Crippen MR) is 76.3 cm³/mol. The normalized spacial score (nSPS) is 12.2. The fourth-order valence-electron chi connectivity index (χ4n) is 1.86. The predicted octanol–water partition coefficient (Wildman–Crippen LogP) is 3.17. The number of aliphatic hydroxyl groups is 1. The topological polar surface area (TPSA) is 55.5 Å². The van der Waals surface area contributed by atoms with Gasteiger partial charge in [0.1, 0.15) is 5.75 Å². The standard InChI is InChI=1S/C16H18FNO2/c1-11(18)13-4-7-16(15(17)10-13)20-14-5-2-12(3-6-14)8-9-19/h2-7,10-11,19H,8-9,18H2,1H3/t11-/m0/s1. The number of nitrogens with two attached hydrogens (primary N) is 1. The average Bonchev–Trinajstić information content (AvgIpc) is 2.43. The van der Waals surface area contributed by atoms with E-state index in [1.165, 1.54) is 6.07 Å². The maximum Gasteiger partial charge on any atom is 0.166 e. The largest absolute Gasteiger partial charge is 0.454 e. The number of hydrogen-bond donors (Lipinski definition) is 2. The zero-order valence-corrected chi connectivity index (χ0v) is 11.3. The Bertz CT molecular complexity index is 567. The van der Waals surface area contributed by atoms with Gasteiger partial charge in [-0.15, -0.1) is 0 Å². The van der Waals surface area contributed by atoms with Crippen molar-refractivity contribution in [3.8, 4) is 11.5 Å². The van der Waals surface area contributed by atoms with Crippen molar-refractivity contribution in [3.05, 3.63) is 59.4 Å². The van der Waals surface area contributed by atoms with Gasteiger partial charge in [-0.05, 0) is 48.7 Å². The lowest BCUT2D eigenvalue weighted by molar-refractivity contribution is 0.299. The van der Waals surface area contributed by atoms with E-state index in [0.29, 0.717) is 12.2 Å². The molecule has 0 spiro atoms. The summed E-state index contributed by atoms with van der Waals surface area (Å²) in [4.78, 5) is 0. The minimum Gasteiger partial charge on any atom is -0.454 e. The molecule has 0 heterocycles. The summed E-state index contributed by atoms with van der Waals surface area (Å²) in [5, 5.41) is 8.84. The maximum absolute atomic E-state index is 13.9. The minimum atomic E-state index is -0.431. The van der Waals surface area contributed by atoms with Crippen molar-refractivity contribution < 1.29 is 14.2 Å². The van der Waals surface area contributed by atoms with Crippen molar-refractivity contribution in [2.24, 2.45) is 5.73 Å². The first kappa shape index (κ1) is 14.5. The van der Waals surface area contributed by atoms with Crippen LogP contribution in [0, 0.1) is 5.82 Å². The highest BCUT2D eigenvalue weighted by molar-refractivity contribution is 5.36. The zero-order valence-electron chi connectivity index (χ0n) is 11.3. The lowest BCUT2D eigenvalue weighted by atomic mass is 10.1. The molecule has 0 saturated carbocycles. The second kappa shape index (κ2) is 6.50. The summed E-state index contributed by atoms with van der Waals surface area (Å²) in [5.74, 6) is 0.294. The van der Waals surface area contributed by atoms with Crippen LogP contribution in [0.2, 0.25) is 0 Å². The van der Waals surface area contributed by atoms with E-state index in [0.717, 1.165) is 11.1 Å². The van der Waals surface area contributed by atoms with E-state index in [1.54, 1.807) is 31.2 Å². The van der Waals surface area contributed by atoms with Gasteiger partial charge in [0.15, 0.2) is 11.6 Å². The lowest BCUT2D eigenvalue weighted by Gasteiger charge is -2.10. The van der Waals surface area contributed by atoms with Crippen molar-refractivity contribution >= 4 is 0 Å². The summed E-state index contributed by atoms with van der Waals surface area (Å²) in [7, 11) is 0. The summed E-state index contributed by atoms with van der Waals surface area (Å²) < 4.78 is 19.4. The van der Waals surface area contributed by atoms with Gasteiger partial charge in [0, 0.05) is 12.6 Å². The van der Waals surface area contributed by atoms with Gasteiger partial charge in [0.2, 0.25) is 0 Å². The number of hydrogen-bond acceptors (Lipinski definition) is 3. The number of aliphatic hydroxyl groups excluding tert-OH is 1. The van der Waals surface area contributed by atoms with Crippen molar-refractivity contribution in [1.82, 2.24) is 0 Å². The Morgan fingerprint density at radius 2 is 1.90 bits per heavy atom. The molecule has 2 aromatic rings. The smallest absolute Gasteiger partial charge is 0.166 e. The molecule has 2 rings (SSSR count). The fourth-order valence-corrected chi connectivity index (χ4v) is 1.86. The first-order valence-electron chi connectivity index (χ1n) is 6.53.